The monoisotopic (exact) mass is 383 g/mol. The summed E-state index contributed by atoms with van der Waals surface area (Å²) in [6.07, 6.45) is 6.45. The standard InChI is InChI=1S/C15H21N5O3S2/c1-19-13(15(21)17-5-3-7-20-8-6-16-11-20)10-12(18-25(19,22)23)14-4-2-9-24-14/h2,4,6,8-9,11-13,18H,3,5,7,10H2,1H3,(H,17,21)/t12-,13-/m0/s1. The van der Waals surface area contributed by atoms with Crippen LogP contribution in [0.3, 0.4) is 0 Å². The van der Waals surface area contributed by atoms with E-state index in [-0.39, 0.29) is 11.9 Å². The first-order valence-corrected chi connectivity index (χ1v) is 10.3. The molecular weight excluding hydrogens is 362 g/mol. The van der Waals surface area contributed by atoms with Crippen LogP contribution in [0.5, 0.6) is 0 Å². The second-order valence-electron chi connectivity index (χ2n) is 5.90. The number of likely N-dealkylation sites (N-methyl/N-ethyl adjacent to an activating group) is 1. The number of aromatic nitrogens is 2. The second kappa shape index (κ2) is 7.65. The summed E-state index contributed by atoms with van der Waals surface area (Å²) < 4.78 is 30.3. The van der Waals surface area contributed by atoms with Gasteiger partial charge in [-0.2, -0.15) is 17.4 Å². The predicted octanol–water partition coefficient (Wildman–Crippen LogP) is 0.731. The maximum atomic E-state index is 12.5. The number of rotatable bonds is 6. The topological polar surface area (TPSA) is 96.3 Å². The van der Waals surface area contributed by atoms with Crippen molar-refractivity contribution >= 4 is 27.5 Å². The Bertz CT molecular complexity index is 789. The highest BCUT2D eigenvalue weighted by molar-refractivity contribution is 7.87. The Balaban J connectivity index is 1.59. The van der Waals surface area contributed by atoms with E-state index in [2.05, 4.69) is 15.0 Å². The Morgan fingerprint density at radius 2 is 2.36 bits per heavy atom. The summed E-state index contributed by atoms with van der Waals surface area (Å²) in [6.45, 7) is 1.23. The average molecular weight is 383 g/mol. The third-order valence-corrected chi connectivity index (χ3v) is 6.79. The predicted molar refractivity (Wildman–Crippen MR) is 95.1 cm³/mol. The van der Waals surface area contributed by atoms with Crippen molar-refractivity contribution < 1.29 is 13.2 Å². The molecule has 136 valence electrons. The minimum Gasteiger partial charge on any atom is -0.355 e. The summed E-state index contributed by atoms with van der Waals surface area (Å²) in [4.78, 5) is 17.4. The molecule has 3 heterocycles. The van der Waals surface area contributed by atoms with E-state index in [0.29, 0.717) is 13.0 Å². The van der Waals surface area contributed by atoms with Crippen molar-refractivity contribution in [3.8, 4) is 0 Å². The van der Waals surface area contributed by atoms with Crippen LogP contribution in [0.2, 0.25) is 0 Å². The van der Waals surface area contributed by atoms with Crippen molar-refractivity contribution in [1.82, 2.24) is 23.9 Å². The molecule has 0 aromatic carbocycles. The number of thiophene rings is 1. The molecule has 3 rings (SSSR count). The molecule has 2 atom stereocenters. The van der Waals surface area contributed by atoms with Gasteiger partial charge in [-0.25, -0.2) is 4.98 Å². The quantitative estimate of drug-likeness (QED) is 0.719. The number of nitrogens with one attached hydrogen (secondary N) is 2. The molecule has 1 amide bonds. The summed E-state index contributed by atoms with van der Waals surface area (Å²) in [5.41, 5.74) is 0. The minimum absolute atomic E-state index is 0.264. The van der Waals surface area contributed by atoms with Gasteiger partial charge in [0.15, 0.2) is 0 Å². The first-order chi connectivity index (χ1) is 12.0. The lowest BCUT2D eigenvalue weighted by atomic mass is 10.1. The molecule has 1 aliphatic heterocycles. The molecule has 0 unspecified atom stereocenters. The second-order valence-corrected chi connectivity index (χ2v) is 8.64. The molecule has 8 nitrogen and oxygen atoms in total. The fourth-order valence-corrected chi connectivity index (χ4v) is 4.93. The van der Waals surface area contributed by atoms with Gasteiger partial charge in [0.2, 0.25) is 5.91 Å². The molecule has 10 heteroatoms. The summed E-state index contributed by atoms with van der Waals surface area (Å²) in [5, 5.41) is 4.74. The SMILES string of the molecule is CN1[C@H](C(=O)NCCCn2ccnc2)C[C@@H](c2cccs2)NS1(=O)=O. The van der Waals surface area contributed by atoms with Gasteiger partial charge in [-0.1, -0.05) is 6.07 Å². The van der Waals surface area contributed by atoms with Crippen molar-refractivity contribution in [2.75, 3.05) is 13.6 Å². The van der Waals surface area contributed by atoms with Crippen LogP contribution >= 0.6 is 11.3 Å². The maximum absolute atomic E-state index is 12.5. The molecule has 0 spiro atoms. The average Bonchev–Trinajstić information content (AvgIpc) is 3.27. The van der Waals surface area contributed by atoms with Crippen LogP contribution in [0.4, 0.5) is 0 Å². The van der Waals surface area contributed by atoms with E-state index in [1.165, 1.54) is 18.4 Å². The molecule has 1 fully saturated rings. The van der Waals surface area contributed by atoms with Crippen LogP contribution in [0.15, 0.2) is 36.2 Å². The number of hydrogen-bond acceptors (Lipinski definition) is 5. The largest absolute Gasteiger partial charge is 0.355 e. The number of imidazole rings is 1. The highest BCUT2D eigenvalue weighted by Crippen LogP contribution is 2.30. The van der Waals surface area contributed by atoms with E-state index in [0.717, 1.165) is 22.1 Å². The number of nitrogens with zero attached hydrogens (tertiary/aromatic N) is 3. The molecular formula is C15H21N5O3S2. The normalized spacial score (nSPS) is 23.4. The Hall–Kier alpha value is -1.75. The summed E-state index contributed by atoms with van der Waals surface area (Å²) in [5.74, 6) is -0.264. The molecule has 0 radical (unpaired) electrons. The van der Waals surface area contributed by atoms with E-state index in [1.54, 1.807) is 12.5 Å². The molecule has 1 saturated heterocycles. The number of amides is 1. The first kappa shape index (κ1) is 18.1. The third kappa shape index (κ3) is 4.27. The Morgan fingerprint density at radius 1 is 1.52 bits per heavy atom. The summed E-state index contributed by atoms with van der Waals surface area (Å²) >= 11 is 1.48. The van der Waals surface area contributed by atoms with Gasteiger partial charge in [-0.3, -0.25) is 4.79 Å². The van der Waals surface area contributed by atoms with Crippen LogP contribution in [0.25, 0.3) is 0 Å². The molecule has 0 saturated carbocycles. The van der Waals surface area contributed by atoms with Crippen molar-refractivity contribution in [2.45, 2.75) is 31.5 Å². The van der Waals surface area contributed by atoms with E-state index in [4.69, 9.17) is 0 Å². The van der Waals surface area contributed by atoms with Gasteiger partial charge in [0.25, 0.3) is 10.2 Å². The fourth-order valence-electron chi connectivity index (χ4n) is 2.80. The van der Waals surface area contributed by atoms with Gasteiger partial charge in [-0.05, 0) is 24.3 Å². The van der Waals surface area contributed by atoms with Crippen molar-refractivity contribution in [1.29, 1.82) is 0 Å². The van der Waals surface area contributed by atoms with Gasteiger partial charge in [-0.15, -0.1) is 11.3 Å². The van der Waals surface area contributed by atoms with Crippen molar-refractivity contribution in [3.63, 3.8) is 0 Å². The zero-order valence-electron chi connectivity index (χ0n) is 13.8. The van der Waals surface area contributed by atoms with Crippen LogP contribution in [0.1, 0.15) is 23.8 Å². The van der Waals surface area contributed by atoms with Crippen LogP contribution in [0, 0.1) is 0 Å². The lowest BCUT2D eigenvalue weighted by Crippen LogP contribution is -2.57. The van der Waals surface area contributed by atoms with Gasteiger partial charge >= 0.3 is 0 Å². The molecule has 0 bridgehead atoms. The fraction of sp³-hybridized carbons (Fsp3) is 0.467. The highest BCUT2D eigenvalue weighted by Gasteiger charge is 2.40. The number of aryl methyl sites for hydroxylation is 1. The molecule has 2 aromatic heterocycles. The maximum Gasteiger partial charge on any atom is 0.280 e. The van der Waals surface area contributed by atoms with Crippen LogP contribution < -0.4 is 10.0 Å². The molecule has 2 N–H and O–H groups in total. The smallest absolute Gasteiger partial charge is 0.280 e. The number of hydrogen-bond donors (Lipinski definition) is 2. The Labute approximate surface area is 151 Å². The van der Waals surface area contributed by atoms with E-state index >= 15 is 0 Å². The molecule has 0 aliphatic carbocycles. The minimum atomic E-state index is -3.68. The summed E-state index contributed by atoms with van der Waals surface area (Å²) in [6, 6.07) is 2.66. The van der Waals surface area contributed by atoms with Crippen LogP contribution in [-0.4, -0.2) is 47.8 Å². The number of carbonyl (C=O) groups excluding carboxylic acids is 1. The number of carbonyl (C=O) groups is 1. The molecule has 1 aliphatic rings. The highest BCUT2D eigenvalue weighted by atomic mass is 32.2. The molecule has 2 aromatic rings. The zero-order chi connectivity index (χ0) is 17.9. The van der Waals surface area contributed by atoms with E-state index in [9.17, 15) is 13.2 Å². The van der Waals surface area contributed by atoms with Crippen molar-refractivity contribution in [3.05, 3.63) is 41.1 Å². The van der Waals surface area contributed by atoms with Gasteiger partial charge in [0.1, 0.15) is 6.04 Å². The van der Waals surface area contributed by atoms with E-state index in [1.807, 2.05) is 28.3 Å². The zero-order valence-corrected chi connectivity index (χ0v) is 15.5. The van der Waals surface area contributed by atoms with Crippen molar-refractivity contribution in [2.24, 2.45) is 0 Å². The lowest BCUT2D eigenvalue weighted by Gasteiger charge is -2.35. The summed E-state index contributed by atoms with van der Waals surface area (Å²) in [7, 11) is -2.25. The van der Waals surface area contributed by atoms with E-state index < -0.39 is 16.3 Å². The van der Waals surface area contributed by atoms with Crippen LogP contribution in [-0.2, 0) is 21.5 Å². The van der Waals surface area contributed by atoms with Gasteiger partial charge < -0.3 is 9.88 Å². The first-order valence-electron chi connectivity index (χ1n) is 7.99. The Kier molecular flexibility index (Phi) is 5.52. The van der Waals surface area contributed by atoms with Gasteiger partial charge in [0.05, 0.1) is 12.4 Å². The molecule has 25 heavy (non-hydrogen) atoms. The lowest BCUT2D eigenvalue weighted by molar-refractivity contribution is -0.125. The van der Waals surface area contributed by atoms with Gasteiger partial charge in [0, 0.05) is 37.4 Å². The third-order valence-electron chi connectivity index (χ3n) is 4.21. The Morgan fingerprint density at radius 3 is 3.04 bits per heavy atom.